The minimum Gasteiger partial charge on any atom is -0.480 e. The minimum atomic E-state index is -1.31. The van der Waals surface area contributed by atoms with Crippen molar-refractivity contribution in [2.24, 2.45) is 5.41 Å². The molecular weight excluding hydrogens is 170 g/mol. The summed E-state index contributed by atoms with van der Waals surface area (Å²) in [5.41, 5.74) is -1.31. The summed E-state index contributed by atoms with van der Waals surface area (Å²) in [4.78, 5) is 23.9. The molecule has 76 valence electrons. The van der Waals surface area contributed by atoms with Crippen molar-refractivity contribution in [2.45, 2.75) is 27.7 Å². The molecule has 4 heteroatoms. The fraction of sp³-hybridized carbons (Fsp3) is 0.778. The Hall–Kier alpha value is -1.06. The van der Waals surface area contributed by atoms with E-state index in [1.54, 1.807) is 0 Å². The third kappa shape index (κ3) is 2.44. The summed E-state index contributed by atoms with van der Waals surface area (Å²) in [5.74, 6) is -1.41. The highest BCUT2D eigenvalue weighted by atomic mass is 16.4. The van der Waals surface area contributed by atoms with E-state index in [-0.39, 0.29) is 5.91 Å². The average molecular weight is 187 g/mol. The number of hydrogen-bond acceptors (Lipinski definition) is 2. The van der Waals surface area contributed by atoms with Gasteiger partial charge in [-0.1, -0.05) is 0 Å². The number of amides is 1. The average Bonchev–Trinajstić information content (AvgIpc) is 2.06. The zero-order valence-corrected chi connectivity index (χ0v) is 8.63. The molecule has 0 fully saturated rings. The molecule has 0 unspecified atom stereocenters. The smallest absolute Gasteiger partial charge is 0.318 e. The summed E-state index contributed by atoms with van der Waals surface area (Å²) in [6, 6.07) is 0. The molecule has 0 saturated heterocycles. The van der Waals surface area contributed by atoms with Gasteiger partial charge in [-0.15, -0.1) is 0 Å². The first-order valence-electron chi connectivity index (χ1n) is 4.40. The van der Waals surface area contributed by atoms with Gasteiger partial charge in [-0.05, 0) is 27.7 Å². The molecule has 0 heterocycles. The second-order valence-electron chi connectivity index (χ2n) is 3.41. The van der Waals surface area contributed by atoms with Gasteiger partial charge < -0.3 is 10.0 Å². The molecular formula is C9H17NO3. The lowest BCUT2D eigenvalue weighted by Crippen LogP contribution is -2.45. The van der Waals surface area contributed by atoms with Gasteiger partial charge in [0.05, 0.1) is 0 Å². The number of carbonyl (C=O) groups excluding carboxylic acids is 1. The SMILES string of the molecule is CCN(CC)C(=O)C(C)(C)C(=O)O. The van der Waals surface area contributed by atoms with E-state index >= 15 is 0 Å². The zero-order chi connectivity index (χ0) is 10.6. The Morgan fingerprint density at radius 3 is 1.85 bits per heavy atom. The Labute approximate surface area is 78.5 Å². The van der Waals surface area contributed by atoms with E-state index in [1.807, 2.05) is 13.8 Å². The van der Waals surface area contributed by atoms with Crippen molar-refractivity contribution in [3.63, 3.8) is 0 Å². The molecule has 1 N–H and O–H groups in total. The quantitative estimate of drug-likeness (QED) is 0.667. The van der Waals surface area contributed by atoms with E-state index in [2.05, 4.69) is 0 Å². The molecule has 0 bridgehead atoms. The van der Waals surface area contributed by atoms with Crippen LogP contribution in [0.15, 0.2) is 0 Å². The van der Waals surface area contributed by atoms with Crippen LogP contribution in [-0.2, 0) is 9.59 Å². The van der Waals surface area contributed by atoms with Crippen LogP contribution in [0, 0.1) is 5.41 Å². The normalized spacial score (nSPS) is 11.1. The Kier molecular flexibility index (Phi) is 3.91. The second-order valence-corrected chi connectivity index (χ2v) is 3.41. The molecule has 0 saturated carbocycles. The van der Waals surface area contributed by atoms with Gasteiger partial charge in [-0.3, -0.25) is 9.59 Å². The molecule has 0 aromatic rings. The van der Waals surface area contributed by atoms with E-state index < -0.39 is 11.4 Å². The molecule has 0 aliphatic carbocycles. The highest BCUT2D eigenvalue weighted by Gasteiger charge is 2.38. The number of rotatable bonds is 4. The molecule has 0 atom stereocenters. The molecule has 0 radical (unpaired) electrons. The molecule has 0 spiro atoms. The Bertz CT molecular complexity index is 207. The first-order chi connectivity index (χ1) is 5.87. The molecule has 0 aromatic heterocycles. The first-order valence-corrected chi connectivity index (χ1v) is 4.40. The zero-order valence-electron chi connectivity index (χ0n) is 8.63. The van der Waals surface area contributed by atoms with Crippen molar-refractivity contribution in [3.05, 3.63) is 0 Å². The number of hydrogen-bond donors (Lipinski definition) is 1. The van der Waals surface area contributed by atoms with Crippen molar-refractivity contribution in [1.29, 1.82) is 0 Å². The van der Waals surface area contributed by atoms with Crippen molar-refractivity contribution in [2.75, 3.05) is 13.1 Å². The Balaban J connectivity index is 4.66. The lowest BCUT2D eigenvalue weighted by atomic mass is 9.92. The molecule has 4 nitrogen and oxygen atoms in total. The highest BCUT2D eigenvalue weighted by Crippen LogP contribution is 2.18. The van der Waals surface area contributed by atoms with Gasteiger partial charge in [0.1, 0.15) is 5.41 Å². The van der Waals surface area contributed by atoms with Crippen molar-refractivity contribution in [3.8, 4) is 0 Å². The molecule has 0 aromatic carbocycles. The van der Waals surface area contributed by atoms with E-state index in [0.717, 1.165) is 0 Å². The maximum atomic E-state index is 11.6. The second kappa shape index (κ2) is 4.25. The number of nitrogens with zero attached hydrogens (tertiary/aromatic N) is 1. The van der Waals surface area contributed by atoms with Crippen LogP contribution in [0.2, 0.25) is 0 Å². The highest BCUT2D eigenvalue weighted by molar-refractivity contribution is 6.00. The Morgan fingerprint density at radius 2 is 1.62 bits per heavy atom. The molecule has 13 heavy (non-hydrogen) atoms. The van der Waals surface area contributed by atoms with Crippen LogP contribution in [0.4, 0.5) is 0 Å². The van der Waals surface area contributed by atoms with E-state index in [1.165, 1.54) is 18.7 Å². The number of carboxylic acid groups (broad SMARTS) is 1. The van der Waals surface area contributed by atoms with Crippen LogP contribution in [-0.4, -0.2) is 35.0 Å². The fourth-order valence-electron chi connectivity index (χ4n) is 0.998. The lowest BCUT2D eigenvalue weighted by Gasteiger charge is -2.27. The standard InChI is InChI=1S/C9H17NO3/c1-5-10(6-2)7(11)9(3,4)8(12)13/h5-6H2,1-4H3,(H,12,13). The largest absolute Gasteiger partial charge is 0.480 e. The number of carbonyl (C=O) groups is 2. The summed E-state index contributed by atoms with van der Waals surface area (Å²) in [6.07, 6.45) is 0. The fourth-order valence-corrected chi connectivity index (χ4v) is 0.998. The topological polar surface area (TPSA) is 57.6 Å². The van der Waals surface area contributed by atoms with Crippen molar-refractivity contribution >= 4 is 11.9 Å². The predicted octanol–water partition coefficient (Wildman–Crippen LogP) is 0.966. The number of carboxylic acids is 1. The maximum absolute atomic E-state index is 11.6. The third-order valence-electron chi connectivity index (χ3n) is 2.12. The lowest BCUT2D eigenvalue weighted by molar-refractivity contribution is -0.158. The predicted molar refractivity (Wildman–Crippen MR) is 49.3 cm³/mol. The van der Waals surface area contributed by atoms with Crippen LogP contribution in [0.25, 0.3) is 0 Å². The van der Waals surface area contributed by atoms with Crippen molar-refractivity contribution < 1.29 is 14.7 Å². The van der Waals surface area contributed by atoms with Gasteiger partial charge in [0.25, 0.3) is 0 Å². The maximum Gasteiger partial charge on any atom is 0.318 e. The van der Waals surface area contributed by atoms with E-state index in [4.69, 9.17) is 5.11 Å². The van der Waals surface area contributed by atoms with Crippen LogP contribution >= 0.6 is 0 Å². The van der Waals surface area contributed by atoms with Gasteiger partial charge in [-0.2, -0.15) is 0 Å². The summed E-state index contributed by atoms with van der Waals surface area (Å²) < 4.78 is 0. The minimum absolute atomic E-state index is 0.329. The van der Waals surface area contributed by atoms with Crippen LogP contribution < -0.4 is 0 Å². The summed E-state index contributed by atoms with van der Waals surface area (Å²) in [6.45, 7) is 7.61. The van der Waals surface area contributed by atoms with Gasteiger partial charge in [-0.25, -0.2) is 0 Å². The molecule has 1 amide bonds. The molecule has 0 rings (SSSR count). The van der Waals surface area contributed by atoms with Gasteiger partial charge >= 0.3 is 5.97 Å². The van der Waals surface area contributed by atoms with Gasteiger partial charge in [0, 0.05) is 13.1 Å². The summed E-state index contributed by atoms with van der Waals surface area (Å²) in [7, 11) is 0. The molecule has 0 aliphatic rings. The Morgan fingerprint density at radius 1 is 1.23 bits per heavy atom. The van der Waals surface area contributed by atoms with Crippen LogP contribution in [0.3, 0.4) is 0 Å². The van der Waals surface area contributed by atoms with Crippen LogP contribution in [0.1, 0.15) is 27.7 Å². The van der Waals surface area contributed by atoms with Crippen molar-refractivity contribution in [1.82, 2.24) is 4.90 Å². The third-order valence-corrected chi connectivity index (χ3v) is 2.12. The number of aliphatic carboxylic acids is 1. The van der Waals surface area contributed by atoms with Gasteiger partial charge in [0.2, 0.25) is 5.91 Å². The van der Waals surface area contributed by atoms with Gasteiger partial charge in [0.15, 0.2) is 0 Å². The van der Waals surface area contributed by atoms with E-state index in [0.29, 0.717) is 13.1 Å². The first kappa shape index (κ1) is 11.9. The van der Waals surface area contributed by atoms with Crippen LogP contribution in [0.5, 0.6) is 0 Å². The van der Waals surface area contributed by atoms with E-state index in [9.17, 15) is 9.59 Å². The summed E-state index contributed by atoms with van der Waals surface area (Å²) >= 11 is 0. The molecule has 0 aliphatic heterocycles. The summed E-state index contributed by atoms with van der Waals surface area (Å²) in [5, 5.41) is 8.80. The monoisotopic (exact) mass is 187 g/mol.